The zero-order chi connectivity index (χ0) is 14.7. The molecule has 5 fully saturated rings. The number of rotatable bonds is 2. The molecule has 6 bridgehead atoms. The van der Waals surface area contributed by atoms with E-state index in [1.54, 1.807) is 0 Å². The molecule has 116 valence electrons. The highest BCUT2D eigenvalue weighted by Gasteiger charge is 2.77. The van der Waals surface area contributed by atoms with Gasteiger partial charge in [-0.2, -0.15) is 10.2 Å². The van der Waals surface area contributed by atoms with Crippen LogP contribution in [0.1, 0.15) is 38.5 Å². The molecule has 0 amide bonds. The van der Waals surface area contributed by atoms with Crippen molar-refractivity contribution in [3.8, 4) is 0 Å². The molecule has 0 aromatic rings. The summed E-state index contributed by atoms with van der Waals surface area (Å²) in [6.45, 7) is 8.62. The van der Waals surface area contributed by atoms with E-state index in [9.17, 15) is 0 Å². The quantitative estimate of drug-likeness (QED) is 0.663. The number of nitrogens with zero attached hydrogens (tertiary/aromatic N) is 2. The second-order valence-corrected chi connectivity index (χ2v) is 9.15. The Morgan fingerprint density at radius 3 is 1.23 bits per heavy atom. The Bertz CT molecular complexity index is 521. The van der Waals surface area contributed by atoms with Crippen molar-refractivity contribution in [3.05, 3.63) is 25.3 Å². The van der Waals surface area contributed by atoms with E-state index < -0.39 is 0 Å². The van der Waals surface area contributed by atoms with E-state index in [1.807, 2.05) is 0 Å². The maximum Gasteiger partial charge on any atom is 0.106 e. The summed E-state index contributed by atoms with van der Waals surface area (Å²) in [7, 11) is 0. The average molecular weight is 294 g/mol. The third kappa shape index (κ3) is 1.02. The van der Waals surface area contributed by atoms with Crippen molar-refractivity contribution in [1.29, 1.82) is 0 Å². The predicted octanol–water partition coefficient (Wildman–Crippen LogP) is 4.64. The van der Waals surface area contributed by atoms with Gasteiger partial charge in [0.25, 0.3) is 0 Å². The monoisotopic (exact) mass is 294 g/mol. The van der Waals surface area contributed by atoms with Crippen LogP contribution in [0.3, 0.4) is 0 Å². The standard InChI is InChI=1S/C20H26N2/c1-3-19-15-11-5-7-13(9-11)17(15)20(4-2,22-21-19)18-14-8-6-12(10-14)16(18)19/h3-4,11-18H,1-2,5-10H2/t11-,12+,13+,14-,15+,16-,17-,18+,19?,20?. The minimum absolute atomic E-state index is 0.0141. The molecule has 7 aliphatic rings. The summed E-state index contributed by atoms with van der Waals surface area (Å²) in [6.07, 6.45) is 13.1. The van der Waals surface area contributed by atoms with Gasteiger partial charge < -0.3 is 0 Å². The van der Waals surface area contributed by atoms with Gasteiger partial charge in [0.05, 0.1) is 0 Å². The SMILES string of the molecule is C=CC12N=NC(C=C)([C@@H]3[C@H]4CC[C@H](C4)[C@@H]31)[C@H]1[C@@H]3CC[C@@H](C3)[C@H]12. The lowest BCUT2D eigenvalue weighted by Gasteiger charge is -2.64. The Balaban J connectivity index is 1.64. The zero-order valence-corrected chi connectivity index (χ0v) is 13.3. The molecule has 0 N–H and O–H groups in total. The molecule has 0 saturated heterocycles. The van der Waals surface area contributed by atoms with Crippen molar-refractivity contribution in [2.75, 3.05) is 0 Å². The predicted molar refractivity (Wildman–Crippen MR) is 86.3 cm³/mol. The minimum Gasteiger partial charge on any atom is -0.182 e. The molecule has 2 nitrogen and oxygen atoms in total. The highest BCUT2D eigenvalue weighted by atomic mass is 15.3. The normalized spacial score (nSPS) is 65.6. The van der Waals surface area contributed by atoms with Crippen molar-refractivity contribution in [3.63, 3.8) is 0 Å². The summed E-state index contributed by atoms with van der Waals surface area (Å²) in [5.41, 5.74) is -0.0282. The third-order valence-electron chi connectivity index (χ3n) is 9.02. The molecule has 0 spiro atoms. The van der Waals surface area contributed by atoms with Gasteiger partial charge in [0.2, 0.25) is 0 Å². The molecule has 7 rings (SSSR count). The highest BCUT2D eigenvalue weighted by Crippen LogP contribution is 2.76. The Hall–Kier alpha value is -0.920. The van der Waals surface area contributed by atoms with Crippen LogP contribution in [0.25, 0.3) is 0 Å². The molecule has 0 aromatic heterocycles. The summed E-state index contributed by atoms with van der Waals surface area (Å²) in [4.78, 5) is 0. The van der Waals surface area contributed by atoms with Gasteiger partial charge in [-0.1, -0.05) is 12.2 Å². The molecule has 0 radical (unpaired) electrons. The maximum atomic E-state index is 5.05. The van der Waals surface area contributed by atoms with Gasteiger partial charge in [-0.25, -0.2) is 0 Å². The number of fused-ring (bicyclic) bond motifs is 4. The van der Waals surface area contributed by atoms with Gasteiger partial charge in [-0.15, -0.1) is 13.2 Å². The largest absolute Gasteiger partial charge is 0.182 e. The number of hydrogen-bond donors (Lipinski definition) is 0. The smallest absolute Gasteiger partial charge is 0.106 e. The maximum absolute atomic E-state index is 5.05. The zero-order valence-electron chi connectivity index (χ0n) is 13.3. The average Bonchev–Trinajstić information content (AvgIpc) is 3.34. The third-order valence-corrected chi connectivity index (χ3v) is 9.02. The van der Waals surface area contributed by atoms with E-state index in [0.29, 0.717) is 0 Å². The van der Waals surface area contributed by atoms with Crippen molar-refractivity contribution in [1.82, 2.24) is 0 Å². The molecule has 2 heteroatoms. The van der Waals surface area contributed by atoms with Gasteiger partial charge in [0.15, 0.2) is 0 Å². The van der Waals surface area contributed by atoms with Crippen molar-refractivity contribution in [2.45, 2.75) is 49.6 Å². The molecule has 10 atom stereocenters. The van der Waals surface area contributed by atoms with Crippen molar-refractivity contribution < 1.29 is 0 Å². The van der Waals surface area contributed by atoms with Crippen LogP contribution in [0.15, 0.2) is 35.5 Å². The second kappa shape index (κ2) is 3.60. The highest BCUT2D eigenvalue weighted by molar-refractivity contribution is 5.36. The van der Waals surface area contributed by atoms with Crippen molar-refractivity contribution in [2.24, 2.45) is 57.6 Å². The van der Waals surface area contributed by atoms with Crippen LogP contribution in [-0.2, 0) is 0 Å². The molecule has 22 heavy (non-hydrogen) atoms. The Morgan fingerprint density at radius 1 is 0.636 bits per heavy atom. The topological polar surface area (TPSA) is 24.7 Å². The fraction of sp³-hybridized carbons (Fsp3) is 0.800. The number of hydrogen-bond acceptors (Lipinski definition) is 2. The van der Waals surface area contributed by atoms with Crippen LogP contribution < -0.4 is 0 Å². The van der Waals surface area contributed by atoms with Crippen LogP contribution in [-0.4, -0.2) is 11.1 Å². The Labute approximate surface area is 133 Å². The lowest BCUT2D eigenvalue weighted by Crippen LogP contribution is -2.68. The molecule has 5 saturated carbocycles. The minimum atomic E-state index is -0.0141. The first-order valence-electron chi connectivity index (χ1n) is 9.46. The Morgan fingerprint density at radius 2 is 0.955 bits per heavy atom. The summed E-state index contributed by atoms with van der Waals surface area (Å²) >= 11 is 0. The van der Waals surface area contributed by atoms with Crippen LogP contribution >= 0.6 is 0 Å². The molecule has 2 heterocycles. The fourth-order valence-corrected chi connectivity index (χ4v) is 8.75. The fourth-order valence-electron chi connectivity index (χ4n) is 8.75. The first-order chi connectivity index (χ1) is 10.7. The van der Waals surface area contributed by atoms with Crippen LogP contribution in [0.4, 0.5) is 0 Å². The molecule has 5 aliphatic carbocycles. The van der Waals surface area contributed by atoms with Crippen molar-refractivity contribution >= 4 is 0 Å². The van der Waals surface area contributed by atoms with E-state index in [-0.39, 0.29) is 11.1 Å². The van der Waals surface area contributed by atoms with E-state index in [0.717, 1.165) is 47.3 Å². The molecule has 2 aliphatic heterocycles. The van der Waals surface area contributed by atoms with E-state index in [4.69, 9.17) is 10.2 Å². The van der Waals surface area contributed by atoms with E-state index in [1.165, 1.54) is 38.5 Å². The summed E-state index contributed by atoms with van der Waals surface area (Å²) in [6, 6.07) is 0. The second-order valence-electron chi connectivity index (χ2n) is 9.15. The number of azo groups is 1. The first-order valence-corrected chi connectivity index (χ1v) is 9.46. The molecule has 0 aromatic carbocycles. The van der Waals surface area contributed by atoms with Crippen LogP contribution in [0.2, 0.25) is 0 Å². The molecular formula is C20H26N2. The van der Waals surface area contributed by atoms with Gasteiger partial charge in [0, 0.05) is 0 Å². The molecular weight excluding hydrogens is 268 g/mol. The van der Waals surface area contributed by atoms with E-state index in [2.05, 4.69) is 25.3 Å². The Kier molecular flexibility index (Phi) is 2.04. The summed E-state index contributed by atoms with van der Waals surface area (Å²) in [5.74, 6) is 6.41. The lowest BCUT2D eigenvalue weighted by atomic mass is 9.44. The van der Waals surface area contributed by atoms with E-state index >= 15 is 0 Å². The summed E-state index contributed by atoms with van der Waals surface area (Å²) in [5, 5.41) is 10.1. The molecule has 2 unspecified atom stereocenters. The van der Waals surface area contributed by atoms with Gasteiger partial charge >= 0.3 is 0 Å². The van der Waals surface area contributed by atoms with Gasteiger partial charge in [-0.05, 0) is 85.9 Å². The lowest BCUT2D eigenvalue weighted by molar-refractivity contribution is -0.0954. The van der Waals surface area contributed by atoms with Gasteiger partial charge in [-0.3, -0.25) is 0 Å². The van der Waals surface area contributed by atoms with Crippen LogP contribution in [0.5, 0.6) is 0 Å². The summed E-state index contributed by atoms with van der Waals surface area (Å²) < 4.78 is 0. The van der Waals surface area contributed by atoms with Crippen LogP contribution in [0, 0.1) is 47.3 Å². The first kappa shape index (κ1) is 12.5. The van der Waals surface area contributed by atoms with Gasteiger partial charge in [0.1, 0.15) is 11.1 Å².